The van der Waals surface area contributed by atoms with Gasteiger partial charge < -0.3 is 21.1 Å². The number of nitrogens with one attached hydrogen (secondary N) is 4. The second-order valence-corrected chi connectivity index (χ2v) is 9.41. The standard InChI is InChI=1S/C18H28IN6P/c1-13(20)10-16(15-6-2-4-8-22-15)23-26-24-17(11-14(21)12-19)18-7-3-5-9-25(18)26/h2-8,14-17,20,22-24H,9-12,21H2,1H3/t14?,15?,16?,17?,26-/m0/s1. The zero-order valence-corrected chi connectivity index (χ0v) is 18.1. The van der Waals surface area contributed by atoms with Crippen molar-refractivity contribution in [3.05, 3.63) is 48.4 Å². The zero-order valence-electron chi connectivity index (χ0n) is 15.0. The molecule has 0 bridgehead atoms. The molecule has 6 nitrogen and oxygen atoms in total. The van der Waals surface area contributed by atoms with Crippen LogP contribution in [0, 0.1) is 5.41 Å². The maximum Gasteiger partial charge on any atom is 0.144 e. The van der Waals surface area contributed by atoms with Gasteiger partial charge in [0.2, 0.25) is 0 Å². The summed E-state index contributed by atoms with van der Waals surface area (Å²) in [6.07, 6.45) is 16.4. The van der Waals surface area contributed by atoms with Crippen LogP contribution in [-0.2, 0) is 0 Å². The van der Waals surface area contributed by atoms with Gasteiger partial charge in [0.15, 0.2) is 0 Å². The molecule has 3 heterocycles. The fraction of sp³-hybridized carbons (Fsp3) is 0.500. The monoisotopic (exact) mass is 486 g/mol. The summed E-state index contributed by atoms with van der Waals surface area (Å²) in [7, 11) is -0.711. The third-order valence-corrected chi connectivity index (χ3v) is 7.80. The molecule has 8 heteroatoms. The topological polar surface area (TPSA) is 89.2 Å². The van der Waals surface area contributed by atoms with E-state index in [1.807, 2.05) is 19.2 Å². The van der Waals surface area contributed by atoms with E-state index in [0.29, 0.717) is 11.8 Å². The Kier molecular flexibility index (Phi) is 7.28. The Labute approximate surface area is 171 Å². The van der Waals surface area contributed by atoms with Gasteiger partial charge in [0.25, 0.3) is 0 Å². The number of rotatable bonds is 8. The van der Waals surface area contributed by atoms with Gasteiger partial charge in [0.1, 0.15) is 8.37 Å². The fourth-order valence-electron chi connectivity index (χ4n) is 3.39. The highest BCUT2D eigenvalue weighted by atomic mass is 127. The number of dihydropyridines is 1. The average molecular weight is 486 g/mol. The number of halogens is 1. The van der Waals surface area contributed by atoms with Crippen LogP contribution >= 0.6 is 31.0 Å². The molecule has 5 atom stereocenters. The number of fused-ring (bicyclic) bond motifs is 1. The van der Waals surface area contributed by atoms with Crippen LogP contribution in [0.5, 0.6) is 0 Å². The number of allylic oxidation sites excluding steroid dienone is 4. The lowest BCUT2D eigenvalue weighted by Gasteiger charge is -2.34. The van der Waals surface area contributed by atoms with Crippen molar-refractivity contribution in [2.75, 3.05) is 11.0 Å². The van der Waals surface area contributed by atoms with Crippen LogP contribution < -0.4 is 21.2 Å². The van der Waals surface area contributed by atoms with Crippen LogP contribution in [0.15, 0.2) is 48.4 Å². The van der Waals surface area contributed by atoms with Crippen LogP contribution in [0.25, 0.3) is 0 Å². The first kappa shape index (κ1) is 20.0. The first-order valence-electron chi connectivity index (χ1n) is 9.00. The van der Waals surface area contributed by atoms with Gasteiger partial charge in [-0.2, -0.15) is 0 Å². The smallest absolute Gasteiger partial charge is 0.144 e. The Morgan fingerprint density at radius 1 is 1.50 bits per heavy atom. The van der Waals surface area contributed by atoms with Crippen molar-refractivity contribution in [2.45, 2.75) is 43.9 Å². The summed E-state index contributed by atoms with van der Waals surface area (Å²) >= 11 is 2.36. The van der Waals surface area contributed by atoms with Gasteiger partial charge in [-0.3, -0.25) is 10.2 Å². The Morgan fingerprint density at radius 2 is 2.35 bits per heavy atom. The third kappa shape index (κ3) is 4.95. The molecule has 1 fully saturated rings. The van der Waals surface area contributed by atoms with E-state index >= 15 is 0 Å². The van der Waals surface area contributed by atoms with Crippen LogP contribution in [0.3, 0.4) is 0 Å². The lowest BCUT2D eigenvalue weighted by Crippen LogP contribution is -2.46. The highest BCUT2D eigenvalue weighted by Gasteiger charge is 2.38. The lowest BCUT2D eigenvalue weighted by molar-refractivity contribution is 0.505. The molecular formula is C18H28IN6P. The highest BCUT2D eigenvalue weighted by molar-refractivity contribution is 14.1. The summed E-state index contributed by atoms with van der Waals surface area (Å²) in [5.74, 6) is 0. The lowest BCUT2D eigenvalue weighted by atomic mass is 10.0. The molecule has 3 aliphatic heterocycles. The van der Waals surface area contributed by atoms with Crippen molar-refractivity contribution >= 4 is 36.7 Å². The maximum atomic E-state index is 7.98. The van der Waals surface area contributed by atoms with Gasteiger partial charge in [-0.05, 0) is 31.7 Å². The second kappa shape index (κ2) is 9.46. The first-order chi connectivity index (χ1) is 12.6. The Balaban J connectivity index is 1.73. The molecule has 1 saturated heterocycles. The molecule has 6 N–H and O–H groups in total. The number of hydrogen-bond donors (Lipinski definition) is 5. The molecule has 0 aliphatic carbocycles. The van der Waals surface area contributed by atoms with Crippen molar-refractivity contribution in [3.8, 4) is 0 Å². The number of nitrogens with two attached hydrogens (primary N) is 1. The van der Waals surface area contributed by atoms with E-state index in [0.717, 1.165) is 23.8 Å². The molecule has 0 aromatic carbocycles. The van der Waals surface area contributed by atoms with Gasteiger partial charge in [-0.15, -0.1) is 0 Å². The summed E-state index contributed by atoms with van der Waals surface area (Å²) in [6.45, 7) is 2.79. The molecular weight excluding hydrogens is 458 g/mol. The van der Waals surface area contributed by atoms with Crippen molar-refractivity contribution in [3.63, 3.8) is 0 Å². The highest BCUT2D eigenvalue weighted by Crippen LogP contribution is 2.46. The summed E-state index contributed by atoms with van der Waals surface area (Å²) in [6, 6.07) is 0.841. The van der Waals surface area contributed by atoms with E-state index in [4.69, 9.17) is 11.1 Å². The molecule has 0 radical (unpaired) electrons. The number of alkyl halides is 1. The van der Waals surface area contributed by atoms with Crippen LogP contribution in [0.1, 0.15) is 19.8 Å². The molecule has 4 unspecified atom stereocenters. The predicted octanol–water partition coefficient (Wildman–Crippen LogP) is 2.52. The van der Waals surface area contributed by atoms with Gasteiger partial charge in [-0.1, -0.05) is 46.9 Å². The summed E-state index contributed by atoms with van der Waals surface area (Å²) in [5.41, 5.74) is 8.26. The first-order valence-corrected chi connectivity index (χ1v) is 11.8. The predicted molar refractivity (Wildman–Crippen MR) is 119 cm³/mol. The summed E-state index contributed by atoms with van der Waals surface area (Å²) in [4.78, 5) is 0. The van der Waals surface area contributed by atoms with E-state index in [-0.39, 0.29) is 18.1 Å². The molecule has 0 spiro atoms. The quantitative estimate of drug-likeness (QED) is 0.158. The minimum atomic E-state index is -0.711. The van der Waals surface area contributed by atoms with Crippen LogP contribution in [0.4, 0.5) is 0 Å². The summed E-state index contributed by atoms with van der Waals surface area (Å²) < 4.78 is 3.40. The van der Waals surface area contributed by atoms with Gasteiger partial charge >= 0.3 is 0 Å². The number of hydrogen-bond acceptors (Lipinski definition) is 6. The third-order valence-electron chi connectivity index (χ3n) is 4.65. The number of nitrogens with zero attached hydrogens (tertiary/aromatic N) is 1. The Hall–Kier alpha value is -0.730. The zero-order chi connectivity index (χ0) is 18.5. The fourth-order valence-corrected chi connectivity index (χ4v) is 5.90. The van der Waals surface area contributed by atoms with Gasteiger partial charge in [-0.25, -0.2) is 0 Å². The van der Waals surface area contributed by atoms with Crippen LogP contribution in [-0.4, -0.2) is 45.5 Å². The Morgan fingerprint density at radius 3 is 3.04 bits per heavy atom. The minimum absolute atomic E-state index is 0.163. The molecule has 26 heavy (non-hydrogen) atoms. The van der Waals surface area contributed by atoms with E-state index in [9.17, 15) is 0 Å². The SMILES string of the molecule is CC(=N)CC(N[P@@]1NC(CC(N)CI)C2=CC=CCN21)C1C=CC=CN1. The molecule has 0 amide bonds. The van der Waals surface area contributed by atoms with Crippen LogP contribution in [0.2, 0.25) is 0 Å². The normalized spacial score (nSPS) is 29.1. The molecule has 142 valence electrons. The Bertz CT molecular complexity index is 631. The van der Waals surface area contributed by atoms with Gasteiger partial charge in [0.05, 0.1) is 12.1 Å². The van der Waals surface area contributed by atoms with Crippen molar-refractivity contribution < 1.29 is 0 Å². The maximum absolute atomic E-state index is 7.98. The minimum Gasteiger partial charge on any atom is -0.383 e. The van der Waals surface area contributed by atoms with E-state index < -0.39 is 8.37 Å². The van der Waals surface area contributed by atoms with Gasteiger partial charge in [0, 0.05) is 40.9 Å². The second-order valence-electron chi connectivity index (χ2n) is 6.90. The molecule has 0 saturated carbocycles. The van der Waals surface area contributed by atoms with E-state index in [1.165, 1.54) is 5.70 Å². The molecule has 0 aromatic rings. The van der Waals surface area contributed by atoms with Crippen molar-refractivity contribution in [2.24, 2.45) is 5.73 Å². The van der Waals surface area contributed by atoms with E-state index in [2.05, 4.69) is 73.1 Å². The molecule has 0 aromatic heterocycles. The van der Waals surface area contributed by atoms with Crippen molar-refractivity contribution in [1.29, 1.82) is 5.41 Å². The van der Waals surface area contributed by atoms with E-state index in [1.54, 1.807) is 0 Å². The summed E-state index contributed by atoms with van der Waals surface area (Å²) in [5, 5.41) is 19.0. The molecule has 3 rings (SSSR count). The average Bonchev–Trinajstić information content (AvgIpc) is 2.99. The molecule has 3 aliphatic rings. The van der Waals surface area contributed by atoms with Crippen molar-refractivity contribution in [1.82, 2.24) is 20.2 Å². The largest absolute Gasteiger partial charge is 0.383 e.